The second-order valence-corrected chi connectivity index (χ2v) is 5.57. The van der Waals surface area contributed by atoms with E-state index in [1.165, 1.54) is 0 Å². The van der Waals surface area contributed by atoms with Gasteiger partial charge in [-0.05, 0) is 30.7 Å². The summed E-state index contributed by atoms with van der Waals surface area (Å²) in [4.78, 5) is 8.62. The molecular formula is C18H19FN4O2. The van der Waals surface area contributed by atoms with Crippen LogP contribution in [0.4, 0.5) is 10.4 Å². The molecule has 2 aromatic heterocycles. The molecule has 6 nitrogen and oxygen atoms in total. The highest BCUT2D eigenvalue weighted by molar-refractivity contribution is 5.76. The number of hydrogen-bond acceptors (Lipinski definition) is 6. The average Bonchev–Trinajstić information content (AvgIpc) is 3.04. The number of oxazole rings is 1. The van der Waals surface area contributed by atoms with Crippen LogP contribution in [0.15, 0.2) is 52.8 Å². The summed E-state index contributed by atoms with van der Waals surface area (Å²) < 4.78 is 23.7. The van der Waals surface area contributed by atoms with E-state index in [1.807, 2.05) is 25.3 Å². The molecule has 3 aromatic rings. The van der Waals surface area contributed by atoms with Crippen molar-refractivity contribution in [2.75, 3.05) is 18.5 Å². The van der Waals surface area contributed by atoms with E-state index < -0.39 is 0 Å². The van der Waals surface area contributed by atoms with Gasteiger partial charge in [0.15, 0.2) is 5.58 Å². The molecule has 0 amide bonds. The zero-order chi connectivity index (χ0) is 17.6. The molecule has 0 aliphatic rings. The van der Waals surface area contributed by atoms with Crippen molar-refractivity contribution in [1.82, 2.24) is 9.97 Å². The predicted octanol–water partition coefficient (Wildman–Crippen LogP) is 3.33. The van der Waals surface area contributed by atoms with Crippen LogP contribution >= 0.6 is 0 Å². The van der Waals surface area contributed by atoms with Gasteiger partial charge in [0.25, 0.3) is 6.01 Å². The Balaban J connectivity index is 1.66. The van der Waals surface area contributed by atoms with E-state index in [1.54, 1.807) is 18.2 Å². The third-order valence-corrected chi connectivity index (χ3v) is 3.62. The molecule has 130 valence electrons. The minimum Gasteiger partial charge on any atom is -0.489 e. The first kappa shape index (κ1) is 16.9. The lowest BCUT2D eigenvalue weighted by Crippen LogP contribution is -2.10. The van der Waals surface area contributed by atoms with Crippen molar-refractivity contribution in [3.05, 3.63) is 59.7 Å². The molecule has 0 atom stereocenters. The van der Waals surface area contributed by atoms with Crippen LogP contribution in [0.25, 0.3) is 11.1 Å². The minimum atomic E-state index is 0.0954. The quantitative estimate of drug-likeness (QED) is 0.685. The summed E-state index contributed by atoms with van der Waals surface area (Å²) in [5.74, 6) is 0.561. The van der Waals surface area contributed by atoms with Gasteiger partial charge in [0, 0.05) is 36.6 Å². The molecule has 0 bridgehead atoms. The smallest absolute Gasteiger partial charge is 0.295 e. The summed E-state index contributed by atoms with van der Waals surface area (Å²) in [6, 6.07) is 9.62. The average molecular weight is 342 g/mol. The fourth-order valence-corrected chi connectivity index (χ4v) is 2.16. The Kier molecular flexibility index (Phi) is 5.25. The second kappa shape index (κ2) is 7.76. The van der Waals surface area contributed by atoms with E-state index in [0.29, 0.717) is 41.3 Å². The van der Waals surface area contributed by atoms with Crippen LogP contribution < -0.4 is 15.8 Å². The first-order valence-electron chi connectivity index (χ1n) is 7.85. The fourth-order valence-electron chi connectivity index (χ4n) is 2.16. The Morgan fingerprint density at radius 1 is 1.36 bits per heavy atom. The number of aryl methyl sites for hydroxylation is 1. The highest BCUT2D eigenvalue weighted by Gasteiger charge is 2.08. The molecule has 3 N–H and O–H groups in total. The summed E-state index contributed by atoms with van der Waals surface area (Å²) in [6.45, 7) is 2.71. The number of pyridine rings is 1. The normalized spacial score (nSPS) is 11.7. The van der Waals surface area contributed by atoms with Crippen molar-refractivity contribution in [2.24, 2.45) is 5.73 Å². The Hall–Kier alpha value is -2.93. The molecule has 2 heterocycles. The Bertz CT molecular complexity index is 874. The second-order valence-electron chi connectivity index (χ2n) is 5.57. The van der Waals surface area contributed by atoms with Crippen LogP contribution in [0.3, 0.4) is 0 Å². The summed E-state index contributed by atoms with van der Waals surface area (Å²) >= 11 is 0. The summed E-state index contributed by atoms with van der Waals surface area (Å²) in [5, 5.41) is 3.12. The highest BCUT2D eigenvalue weighted by Crippen LogP contribution is 2.24. The van der Waals surface area contributed by atoms with Crippen LogP contribution in [0.5, 0.6) is 5.75 Å². The number of benzene rings is 1. The van der Waals surface area contributed by atoms with E-state index in [9.17, 15) is 4.39 Å². The van der Waals surface area contributed by atoms with Gasteiger partial charge in [-0.25, -0.2) is 4.39 Å². The van der Waals surface area contributed by atoms with Gasteiger partial charge in [-0.1, -0.05) is 6.07 Å². The van der Waals surface area contributed by atoms with Gasteiger partial charge < -0.3 is 20.2 Å². The molecule has 0 aliphatic carbocycles. The first-order valence-corrected chi connectivity index (χ1v) is 7.85. The fraction of sp³-hybridized carbons (Fsp3) is 0.222. The molecule has 1 aromatic carbocycles. The summed E-state index contributed by atoms with van der Waals surface area (Å²) in [5.41, 5.74) is 9.07. The molecule has 0 unspecified atom stereocenters. The van der Waals surface area contributed by atoms with Crippen molar-refractivity contribution in [2.45, 2.75) is 13.5 Å². The van der Waals surface area contributed by atoms with Crippen molar-refractivity contribution >= 4 is 17.1 Å². The molecule has 0 saturated heterocycles. The first-order chi connectivity index (χ1) is 12.2. The molecule has 25 heavy (non-hydrogen) atoms. The van der Waals surface area contributed by atoms with Gasteiger partial charge in [-0.15, -0.1) is 0 Å². The third-order valence-electron chi connectivity index (χ3n) is 3.62. The van der Waals surface area contributed by atoms with Gasteiger partial charge in [0.2, 0.25) is 0 Å². The maximum Gasteiger partial charge on any atom is 0.295 e. The zero-order valence-corrected chi connectivity index (χ0v) is 13.8. The van der Waals surface area contributed by atoms with Gasteiger partial charge in [0.05, 0.1) is 6.33 Å². The molecule has 0 fully saturated rings. The molecule has 7 heteroatoms. The molecule has 0 spiro atoms. The maximum absolute atomic E-state index is 12.5. The number of anilines is 1. The van der Waals surface area contributed by atoms with Crippen LogP contribution in [0.1, 0.15) is 11.3 Å². The molecule has 0 saturated carbocycles. The topological polar surface area (TPSA) is 86.2 Å². The van der Waals surface area contributed by atoms with Crippen molar-refractivity contribution in [3.8, 4) is 5.75 Å². The zero-order valence-electron chi connectivity index (χ0n) is 13.8. The number of fused-ring (bicyclic) bond motifs is 1. The van der Waals surface area contributed by atoms with E-state index >= 15 is 0 Å². The minimum absolute atomic E-state index is 0.0954. The summed E-state index contributed by atoms with van der Waals surface area (Å²) in [7, 11) is 0. The van der Waals surface area contributed by atoms with E-state index in [4.69, 9.17) is 14.9 Å². The standard InChI is InChI=1S/C18H19FN4O2/c1-12-2-3-13(9-21-12)10-22-18-23-16-5-4-15(6-17(16)25-18)24-11-14(7-19)8-20/h2-7,9H,8,10-11,20H2,1H3,(H,22,23). The van der Waals surface area contributed by atoms with Crippen molar-refractivity contribution in [1.29, 1.82) is 0 Å². The van der Waals surface area contributed by atoms with Gasteiger partial charge in [-0.2, -0.15) is 4.98 Å². The monoisotopic (exact) mass is 342 g/mol. The number of ether oxygens (including phenoxy) is 1. The number of nitrogens with zero attached hydrogens (tertiary/aromatic N) is 2. The van der Waals surface area contributed by atoms with Crippen molar-refractivity contribution in [3.63, 3.8) is 0 Å². The SMILES string of the molecule is Cc1ccc(CNc2nc3ccc(OCC(=CF)CN)cc3o2)cn1. The lowest BCUT2D eigenvalue weighted by molar-refractivity contribution is 0.347. The Morgan fingerprint density at radius 2 is 2.24 bits per heavy atom. The number of hydrogen-bond donors (Lipinski definition) is 2. The van der Waals surface area contributed by atoms with E-state index in [0.717, 1.165) is 11.3 Å². The largest absolute Gasteiger partial charge is 0.489 e. The molecule has 0 aliphatic heterocycles. The molecule has 0 radical (unpaired) electrons. The van der Waals surface area contributed by atoms with Crippen LogP contribution in [-0.2, 0) is 6.54 Å². The summed E-state index contributed by atoms with van der Waals surface area (Å²) in [6.07, 6.45) is 2.28. The number of halogens is 1. The third kappa shape index (κ3) is 4.33. The number of rotatable bonds is 7. The lowest BCUT2D eigenvalue weighted by atomic mass is 10.2. The maximum atomic E-state index is 12.5. The van der Waals surface area contributed by atoms with Gasteiger partial charge in [0.1, 0.15) is 17.9 Å². The molecule has 3 rings (SSSR count). The predicted molar refractivity (Wildman–Crippen MR) is 94.1 cm³/mol. The van der Waals surface area contributed by atoms with Gasteiger partial charge in [-0.3, -0.25) is 4.98 Å². The number of aromatic nitrogens is 2. The lowest BCUT2D eigenvalue weighted by Gasteiger charge is -2.06. The Labute approximate surface area is 144 Å². The van der Waals surface area contributed by atoms with Gasteiger partial charge >= 0.3 is 0 Å². The van der Waals surface area contributed by atoms with Crippen LogP contribution in [0.2, 0.25) is 0 Å². The highest BCUT2D eigenvalue weighted by atomic mass is 19.1. The Morgan fingerprint density at radius 3 is 2.96 bits per heavy atom. The van der Waals surface area contributed by atoms with E-state index in [2.05, 4.69) is 15.3 Å². The van der Waals surface area contributed by atoms with Crippen molar-refractivity contribution < 1.29 is 13.5 Å². The van der Waals surface area contributed by atoms with Crippen LogP contribution in [0, 0.1) is 6.92 Å². The van der Waals surface area contributed by atoms with Crippen LogP contribution in [-0.4, -0.2) is 23.1 Å². The van der Waals surface area contributed by atoms with E-state index in [-0.39, 0.29) is 13.2 Å². The number of nitrogens with one attached hydrogen (secondary N) is 1. The number of nitrogens with two attached hydrogens (primary N) is 1. The molecular weight excluding hydrogens is 323 g/mol.